The average Bonchev–Trinajstić information content (AvgIpc) is 2.95. The molecule has 1 amide bonds. The molecule has 3 aromatic rings. The van der Waals surface area contributed by atoms with E-state index in [0.717, 1.165) is 11.1 Å². The third-order valence-corrected chi connectivity index (χ3v) is 4.77. The van der Waals surface area contributed by atoms with E-state index in [-0.39, 0.29) is 11.6 Å². The van der Waals surface area contributed by atoms with Gasteiger partial charge in [0.05, 0.1) is 6.04 Å². The first kappa shape index (κ1) is 17.0. The van der Waals surface area contributed by atoms with Crippen molar-refractivity contribution >= 4 is 11.5 Å². The number of aliphatic hydroxyl groups excluding tert-OH is 1. The van der Waals surface area contributed by atoms with Crippen molar-refractivity contribution in [2.45, 2.75) is 12.6 Å². The molecule has 1 atom stereocenters. The van der Waals surface area contributed by atoms with Crippen LogP contribution in [0, 0.1) is 5.82 Å². The van der Waals surface area contributed by atoms with Crippen LogP contribution in [0.3, 0.4) is 0 Å². The van der Waals surface area contributed by atoms with E-state index in [4.69, 9.17) is 0 Å². The molecule has 1 N–H and O–H groups in total. The Kier molecular flexibility index (Phi) is 4.47. The first-order valence-corrected chi connectivity index (χ1v) is 8.74. The van der Waals surface area contributed by atoms with E-state index < -0.39 is 11.9 Å². The minimum atomic E-state index is -0.440. The summed E-state index contributed by atoms with van der Waals surface area (Å²) in [5, 5.41) is 10.7. The van der Waals surface area contributed by atoms with Gasteiger partial charge in [-0.2, -0.15) is 0 Å². The van der Waals surface area contributed by atoms with Crippen LogP contribution in [0.5, 0.6) is 0 Å². The molecule has 0 saturated carbocycles. The third-order valence-electron chi connectivity index (χ3n) is 4.77. The Bertz CT molecular complexity index is 982. The van der Waals surface area contributed by atoms with E-state index in [1.807, 2.05) is 60.7 Å². The van der Waals surface area contributed by atoms with Crippen LogP contribution in [-0.4, -0.2) is 15.9 Å². The molecule has 1 aliphatic heterocycles. The third kappa shape index (κ3) is 3.22. The minimum Gasteiger partial charge on any atom is -0.503 e. The molecule has 4 heteroatoms. The van der Waals surface area contributed by atoms with Gasteiger partial charge in [-0.25, -0.2) is 4.39 Å². The highest BCUT2D eigenvalue weighted by Gasteiger charge is 2.40. The maximum Gasteiger partial charge on any atom is 0.290 e. The summed E-state index contributed by atoms with van der Waals surface area (Å²) in [6, 6.07) is 24.6. The Labute approximate surface area is 157 Å². The lowest BCUT2D eigenvalue weighted by Gasteiger charge is -2.27. The zero-order valence-electron chi connectivity index (χ0n) is 14.5. The van der Waals surface area contributed by atoms with E-state index in [2.05, 4.69) is 0 Å². The van der Waals surface area contributed by atoms with Crippen molar-refractivity contribution in [3.63, 3.8) is 0 Å². The Morgan fingerprint density at radius 1 is 0.852 bits per heavy atom. The number of amides is 1. The summed E-state index contributed by atoms with van der Waals surface area (Å²) in [7, 11) is 0. The van der Waals surface area contributed by atoms with Crippen LogP contribution in [0.4, 0.5) is 4.39 Å². The minimum absolute atomic E-state index is 0.286. The molecule has 3 nitrogen and oxygen atoms in total. The van der Waals surface area contributed by atoms with Crippen molar-refractivity contribution in [2.24, 2.45) is 0 Å². The number of hydrogen-bond acceptors (Lipinski definition) is 2. The van der Waals surface area contributed by atoms with E-state index in [9.17, 15) is 14.3 Å². The summed E-state index contributed by atoms with van der Waals surface area (Å²) in [5.74, 6) is -1.07. The van der Waals surface area contributed by atoms with Gasteiger partial charge in [0.15, 0.2) is 5.76 Å². The lowest BCUT2D eigenvalue weighted by molar-refractivity contribution is -0.130. The van der Waals surface area contributed by atoms with E-state index in [0.29, 0.717) is 17.7 Å². The summed E-state index contributed by atoms with van der Waals surface area (Å²) < 4.78 is 13.4. The molecule has 27 heavy (non-hydrogen) atoms. The fraction of sp³-hybridized carbons (Fsp3) is 0.0870. The van der Waals surface area contributed by atoms with Gasteiger partial charge >= 0.3 is 0 Å². The number of hydrogen-bond donors (Lipinski definition) is 1. The van der Waals surface area contributed by atoms with Gasteiger partial charge < -0.3 is 10.0 Å². The van der Waals surface area contributed by atoms with Crippen LogP contribution in [0.25, 0.3) is 5.57 Å². The second kappa shape index (κ2) is 7.08. The van der Waals surface area contributed by atoms with Crippen LogP contribution < -0.4 is 0 Å². The maximum absolute atomic E-state index is 13.4. The number of halogens is 1. The van der Waals surface area contributed by atoms with Crippen molar-refractivity contribution in [3.8, 4) is 0 Å². The Hall–Kier alpha value is -3.40. The summed E-state index contributed by atoms with van der Waals surface area (Å²) in [6.45, 7) is 0.369. The van der Waals surface area contributed by atoms with E-state index >= 15 is 0 Å². The molecule has 4 rings (SSSR count). The highest BCUT2D eigenvalue weighted by Crippen LogP contribution is 2.43. The molecule has 0 fully saturated rings. The number of benzene rings is 3. The van der Waals surface area contributed by atoms with Crippen LogP contribution in [-0.2, 0) is 11.3 Å². The lowest BCUT2D eigenvalue weighted by Crippen LogP contribution is -2.29. The zero-order chi connectivity index (χ0) is 18.8. The molecule has 0 aromatic heterocycles. The monoisotopic (exact) mass is 359 g/mol. The van der Waals surface area contributed by atoms with Crippen molar-refractivity contribution in [2.75, 3.05) is 0 Å². The number of carbonyl (C=O) groups is 1. The normalized spacial score (nSPS) is 16.9. The Morgan fingerprint density at radius 2 is 1.44 bits per heavy atom. The summed E-state index contributed by atoms with van der Waals surface area (Å²) in [4.78, 5) is 14.5. The molecule has 1 heterocycles. The Balaban J connectivity index is 1.81. The van der Waals surface area contributed by atoms with Gasteiger partial charge in [-0.3, -0.25) is 4.79 Å². The highest BCUT2D eigenvalue weighted by molar-refractivity contribution is 6.05. The summed E-state index contributed by atoms with van der Waals surface area (Å²) >= 11 is 0. The van der Waals surface area contributed by atoms with Crippen molar-refractivity contribution < 1.29 is 14.3 Å². The molecule has 1 aliphatic rings. The molecule has 0 unspecified atom stereocenters. The summed E-state index contributed by atoms with van der Waals surface area (Å²) in [5.41, 5.74) is 3.00. The molecule has 0 aliphatic carbocycles. The van der Waals surface area contributed by atoms with Crippen LogP contribution in [0.2, 0.25) is 0 Å². The zero-order valence-corrected chi connectivity index (χ0v) is 14.5. The first-order valence-electron chi connectivity index (χ1n) is 8.74. The van der Waals surface area contributed by atoms with Gasteiger partial charge in [0.2, 0.25) is 0 Å². The smallest absolute Gasteiger partial charge is 0.290 e. The molecule has 3 aromatic carbocycles. The van der Waals surface area contributed by atoms with Gasteiger partial charge in [-0.15, -0.1) is 0 Å². The molecular weight excluding hydrogens is 341 g/mol. The van der Waals surface area contributed by atoms with Crippen LogP contribution >= 0.6 is 0 Å². The SMILES string of the molecule is O=C1C(O)=C(c2ccc(F)cc2)[C@@H](c2ccccc2)N1Cc1ccccc1. The van der Waals surface area contributed by atoms with Gasteiger partial charge in [0.1, 0.15) is 5.82 Å². The number of rotatable bonds is 4. The standard InChI is InChI=1S/C23H18FNO2/c24-19-13-11-17(12-14-19)20-21(18-9-5-2-6-10-18)25(23(27)22(20)26)15-16-7-3-1-4-8-16/h1-14,21,26H,15H2/t21-/m1/s1. The molecular formula is C23H18FNO2. The van der Waals surface area contributed by atoms with Crippen LogP contribution in [0.15, 0.2) is 90.7 Å². The highest BCUT2D eigenvalue weighted by atomic mass is 19.1. The largest absolute Gasteiger partial charge is 0.503 e. The molecule has 0 bridgehead atoms. The van der Waals surface area contributed by atoms with Crippen molar-refractivity contribution in [1.29, 1.82) is 0 Å². The maximum atomic E-state index is 13.4. The predicted octanol–water partition coefficient (Wildman–Crippen LogP) is 4.88. The first-order chi connectivity index (χ1) is 13.1. The van der Waals surface area contributed by atoms with E-state index in [1.165, 1.54) is 12.1 Å². The number of nitrogens with zero attached hydrogens (tertiary/aromatic N) is 1. The fourth-order valence-electron chi connectivity index (χ4n) is 3.50. The van der Waals surface area contributed by atoms with Crippen LogP contribution in [0.1, 0.15) is 22.7 Å². The molecule has 0 spiro atoms. The lowest BCUT2D eigenvalue weighted by atomic mass is 9.93. The quantitative estimate of drug-likeness (QED) is 0.721. The van der Waals surface area contributed by atoms with Crippen molar-refractivity contribution in [3.05, 3.63) is 113 Å². The average molecular weight is 359 g/mol. The number of carbonyl (C=O) groups excluding carboxylic acids is 1. The van der Waals surface area contributed by atoms with Crippen molar-refractivity contribution in [1.82, 2.24) is 4.90 Å². The molecule has 134 valence electrons. The second-order valence-corrected chi connectivity index (χ2v) is 6.50. The van der Waals surface area contributed by atoms with Gasteiger partial charge in [-0.05, 0) is 28.8 Å². The predicted molar refractivity (Wildman–Crippen MR) is 102 cm³/mol. The van der Waals surface area contributed by atoms with Gasteiger partial charge in [-0.1, -0.05) is 72.8 Å². The summed E-state index contributed by atoms with van der Waals surface area (Å²) in [6.07, 6.45) is 0. The van der Waals surface area contributed by atoms with Gasteiger partial charge in [0, 0.05) is 12.1 Å². The van der Waals surface area contributed by atoms with Gasteiger partial charge in [0.25, 0.3) is 5.91 Å². The fourth-order valence-corrected chi connectivity index (χ4v) is 3.50. The second-order valence-electron chi connectivity index (χ2n) is 6.50. The Morgan fingerprint density at radius 3 is 2.07 bits per heavy atom. The van der Waals surface area contributed by atoms with E-state index in [1.54, 1.807) is 17.0 Å². The molecule has 0 saturated heterocycles. The number of aliphatic hydroxyl groups is 1. The topological polar surface area (TPSA) is 40.5 Å². The molecule has 0 radical (unpaired) electrons.